The second-order valence-corrected chi connectivity index (χ2v) is 7.29. The first-order chi connectivity index (χ1) is 11.1. The highest BCUT2D eigenvalue weighted by Crippen LogP contribution is 2.35. The molecule has 0 bridgehead atoms. The highest BCUT2D eigenvalue weighted by atomic mass is 32.1. The fraction of sp³-hybridized carbons (Fsp3) is 0.353. The van der Waals surface area contributed by atoms with E-state index in [0.717, 1.165) is 29.5 Å². The van der Waals surface area contributed by atoms with Crippen LogP contribution < -0.4 is 11.1 Å². The van der Waals surface area contributed by atoms with Crippen LogP contribution in [-0.2, 0) is 19.4 Å². The van der Waals surface area contributed by atoms with Crippen LogP contribution in [0.3, 0.4) is 0 Å². The van der Waals surface area contributed by atoms with Gasteiger partial charge in [-0.1, -0.05) is 13.0 Å². The van der Waals surface area contributed by atoms with Crippen LogP contribution in [0.5, 0.6) is 0 Å². The van der Waals surface area contributed by atoms with Crippen molar-refractivity contribution in [3.63, 3.8) is 0 Å². The summed E-state index contributed by atoms with van der Waals surface area (Å²) in [5.74, 6) is 1.19. The molecule has 4 rings (SSSR count). The summed E-state index contributed by atoms with van der Waals surface area (Å²) in [4.78, 5) is 33.9. The number of pyridine rings is 1. The summed E-state index contributed by atoms with van der Waals surface area (Å²) in [6.07, 6.45) is 4.81. The number of H-pyrrole nitrogens is 1. The van der Waals surface area contributed by atoms with Gasteiger partial charge in [-0.25, -0.2) is 4.98 Å². The van der Waals surface area contributed by atoms with Crippen molar-refractivity contribution in [1.82, 2.24) is 14.5 Å². The van der Waals surface area contributed by atoms with Crippen molar-refractivity contribution < 1.29 is 0 Å². The van der Waals surface area contributed by atoms with Crippen LogP contribution in [0.15, 0.2) is 34.0 Å². The van der Waals surface area contributed by atoms with Gasteiger partial charge in [-0.2, -0.15) is 0 Å². The summed E-state index contributed by atoms with van der Waals surface area (Å²) >= 11 is 1.63. The fourth-order valence-electron chi connectivity index (χ4n) is 3.22. The zero-order valence-corrected chi connectivity index (χ0v) is 13.7. The standard InChI is InChI=1S/C17H17N3O2S/c1-10-5-6-11-12(8-10)23-17-15(11)16(22)18-13(19-17)9-20-7-3-2-4-14(20)21/h2-4,7,10H,5-6,8-9H2,1H3,(H,18,19,22)/t10-/m0/s1. The third-order valence-electron chi connectivity index (χ3n) is 4.43. The third-order valence-corrected chi connectivity index (χ3v) is 5.58. The summed E-state index contributed by atoms with van der Waals surface area (Å²) in [7, 11) is 0. The van der Waals surface area contributed by atoms with E-state index in [1.165, 1.54) is 16.5 Å². The molecule has 0 aromatic carbocycles. The van der Waals surface area contributed by atoms with Gasteiger partial charge in [-0.05, 0) is 36.8 Å². The molecule has 0 saturated carbocycles. The van der Waals surface area contributed by atoms with Gasteiger partial charge in [0.25, 0.3) is 11.1 Å². The molecule has 3 aromatic heterocycles. The van der Waals surface area contributed by atoms with Gasteiger partial charge < -0.3 is 9.55 Å². The largest absolute Gasteiger partial charge is 0.308 e. The average molecular weight is 327 g/mol. The molecule has 118 valence electrons. The maximum absolute atomic E-state index is 12.5. The first-order valence-electron chi connectivity index (χ1n) is 7.80. The number of nitrogens with zero attached hydrogens (tertiary/aromatic N) is 2. The predicted molar refractivity (Wildman–Crippen MR) is 91.2 cm³/mol. The lowest BCUT2D eigenvalue weighted by atomic mass is 9.89. The smallest absolute Gasteiger partial charge is 0.259 e. The Morgan fingerprint density at radius 3 is 3.09 bits per heavy atom. The Balaban J connectivity index is 1.80. The third kappa shape index (κ3) is 2.53. The van der Waals surface area contributed by atoms with Crippen molar-refractivity contribution in [2.45, 2.75) is 32.7 Å². The number of nitrogens with one attached hydrogen (secondary N) is 1. The molecule has 23 heavy (non-hydrogen) atoms. The molecular weight excluding hydrogens is 310 g/mol. The van der Waals surface area contributed by atoms with E-state index in [9.17, 15) is 9.59 Å². The van der Waals surface area contributed by atoms with Gasteiger partial charge in [0.15, 0.2) is 0 Å². The number of aromatic amines is 1. The van der Waals surface area contributed by atoms with Crippen molar-refractivity contribution in [1.29, 1.82) is 0 Å². The molecule has 0 fully saturated rings. The Morgan fingerprint density at radius 1 is 1.39 bits per heavy atom. The lowest BCUT2D eigenvalue weighted by molar-refractivity contribution is 0.509. The van der Waals surface area contributed by atoms with Gasteiger partial charge in [-0.3, -0.25) is 9.59 Å². The molecule has 5 nitrogen and oxygen atoms in total. The van der Waals surface area contributed by atoms with Crippen molar-refractivity contribution in [3.05, 3.63) is 61.4 Å². The maximum Gasteiger partial charge on any atom is 0.259 e. The van der Waals surface area contributed by atoms with Crippen molar-refractivity contribution >= 4 is 21.6 Å². The van der Waals surface area contributed by atoms with E-state index >= 15 is 0 Å². The van der Waals surface area contributed by atoms with E-state index in [-0.39, 0.29) is 17.7 Å². The van der Waals surface area contributed by atoms with E-state index in [0.29, 0.717) is 11.7 Å². The van der Waals surface area contributed by atoms with E-state index in [1.807, 2.05) is 0 Å². The van der Waals surface area contributed by atoms with Crippen LogP contribution in [0.25, 0.3) is 10.2 Å². The van der Waals surface area contributed by atoms with E-state index in [1.54, 1.807) is 34.2 Å². The second kappa shape index (κ2) is 5.45. The van der Waals surface area contributed by atoms with Crippen LogP contribution in [0.1, 0.15) is 29.6 Å². The maximum atomic E-state index is 12.5. The SMILES string of the molecule is C[C@H]1CCc2c(sc3nc(Cn4ccccc4=O)[nH]c(=O)c23)C1. The molecule has 3 heterocycles. The van der Waals surface area contributed by atoms with Crippen molar-refractivity contribution in [3.8, 4) is 0 Å². The Bertz CT molecular complexity index is 999. The molecule has 6 heteroatoms. The first-order valence-corrected chi connectivity index (χ1v) is 8.62. The van der Waals surface area contributed by atoms with Crippen LogP contribution in [0, 0.1) is 5.92 Å². The number of aromatic nitrogens is 3. The monoisotopic (exact) mass is 327 g/mol. The molecule has 0 saturated heterocycles. The van der Waals surface area contributed by atoms with Gasteiger partial charge in [-0.15, -0.1) is 11.3 Å². The molecule has 1 aliphatic rings. The van der Waals surface area contributed by atoms with Crippen molar-refractivity contribution in [2.75, 3.05) is 0 Å². The van der Waals surface area contributed by atoms with Crippen LogP contribution in [0.4, 0.5) is 0 Å². The molecule has 0 amide bonds. The van der Waals surface area contributed by atoms with Crippen LogP contribution in [-0.4, -0.2) is 14.5 Å². The van der Waals surface area contributed by atoms with Crippen LogP contribution in [0.2, 0.25) is 0 Å². The number of hydrogen-bond donors (Lipinski definition) is 1. The quantitative estimate of drug-likeness (QED) is 0.785. The topological polar surface area (TPSA) is 67.8 Å². The first kappa shape index (κ1) is 14.4. The van der Waals surface area contributed by atoms with E-state index in [2.05, 4.69) is 16.9 Å². The summed E-state index contributed by atoms with van der Waals surface area (Å²) in [6.45, 7) is 2.53. The number of fused-ring (bicyclic) bond motifs is 3. The average Bonchev–Trinajstić information content (AvgIpc) is 2.87. The Morgan fingerprint density at radius 2 is 2.26 bits per heavy atom. The minimum Gasteiger partial charge on any atom is -0.308 e. The molecule has 1 atom stereocenters. The zero-order valence-electron chi connectivity index (χ0n) is 12.8. The Labute approximate surface area is 136 Å². The summed E-state index contributed by atoms with van der Waals surface area (Å²) in [5, 5.41) is 0.751. The number of hydrogen-bond acceptors (Lipinski definition) is 4. The molecule has 1 N–H and O–H groups in total. The molecule has 3 aromatic rings. The van der Waals surface area contributed by atoms with Gasteiger partial charge in [0.1, 0.15) is 10.7 Å². The number of rotatable bonds is 2. The number of thiophene rings is 1. The summed E-state index contributed by atoms with van der Waals surface area (Å²) < 4.78 is 1.54. The van der Waals surface area contributed by atoms with E-state index < -0.39 is 0 Å². The molecular formula is C17H17N3O2S. The Kier molecular flexibility index (Phi) is 3.41. The molecule has 0 radical (unpaired) electrons. The summed E-state index contributed by atoms with van der Waals surface area (Å²) in [6, 6.07) is 5.00. The normalized spacial score (nSPS) is 17.3. The van der Waals surface area contributed by atoms with Gasteiger partial charge in [0, 0.05) is 17.1 Å². The predicted octanol–water partition coefficient (Wildman–Crippen LogP) is 2.32. The minimum absolute atomic E-state index is 0.0824. The van der Waals surface area contributed by atoms with Gasteiger partial charge >= 0.3 is 0 Å². The zero-order chi connectivity index (χ0) is 16.0. The molecule has 1 aliphatic carbocycles. The van der Waals surface area contributed by atoms with Crippen molar-refractivity contribution in [2.24, 2.45) is 5.92 Å². The highest BCUT2D eigenvalue weighted by molar-refractivity contribution is 7.18. The molecule has 0 unspecified atom stereocenters. The molecule has 0 spiro atoms. The second-order valence-electron chi connectivity index (χ2n) is 6.21. The summed E-state index contributed by atoms with van der Waals surface area (Å²) in [5.41, 5.74) is 0.996. The molecule has 0 aliphatic heterocycles. The number of aryl methyl sites for hydroxylation is 1. The lowest BCUT2D eigenvalue weighted by Gasteiger charge is -2.17. The van der Waals surface area contributed by atoms with Crippen LogP contribution >= 0.6 is 11.3 Å². The lowest BCUT2D eigenvalue weighted by Crippen LogP contribution is -2.22. The fourth-order valence-corrected chi connectivity index (χ4v) is 4.62. The van der Waals surface area contributed by atoms with Gasteiger partial charge in [0.2, 0.25) is 0 Å². The Hall–Kier alpha value is -2.21. The minimum atomic E-state index is -0.102. The van der Waals surface area contributed by atoms with Gasteiger partial charge in [0.05, 0.1) is 11.9 Å². The highest BCUT2D eigenvalue weighted by Gasteiger charge is 2.23. The van der Waals surface area contributed by atoms with E-state index in [4.69, 9.17) is 0 Å².